The van der Waals surface area contributed by atoms with Crippen molar-refractivity contribution in [1.82, 2.24) is 10.2 Å². The minimum atomic E-state index is -4.36. The lowest BCUT2D eigenvalue weighted by Crippen LogP contribution is -2.52. The quantitative estimate of drug-likeness (QED) is 0.233. The third kappa shape index (κ3) is 9.10. The zero-order valence-corrected chi connectivity index (χ0v) is 27.4. The predicted molar refractivity (Wildman–Crippen MR) is 171 cm³/mol. The van der Waals surface area contributed by atoms with E-state index in [4.69, 9.17) is 14.2 Å². The summed E-state index contributed by atoms with van der Waals surface area (Å²) in [4.78, 5) is 28.8. The van der Waals surface area contributed by atoms with Crippen LogP contribution in [0.15, 0.2) is 71.6 Å². The van der Waals surface area contributed by atoms with Crippen molar-refractivity contribution >= 4 is 27.5 Å². The molecule has 0 fully saturated rings. The summed E-state index contributed by atoms with van der Waals surface area (Å²) in [6, 6.07) is 15.2. The van der Waals surface area contributed by atoms with Gasteiger partial charge in [0.2, 0.25) is 11.8 Å². The van der Waals surface area contributed by atoms with Crippen LogP contribution in [-0.4, -0.2) is 65.1 Å². The molecule has 3 aromatic rings. The second-order valence-corrected chi connectivity index (χ2v) is 12.5. The van der Waals surface area contributed by atoms with Crippen LogP contribution in [0, 0.1) is 11.7 Å². The molecular weight excluding hydrogens is 601 g/mol. The highest BCUT2D eigenvalue weighted by Crippen LogP contribution is 2.33. The second-order valence-electron chi connectivity index (χ2n) is 10.7. The highest BCUT2D eigenvalue weighted by molar-refractivity contribution is 7.92. The summed E-state index contributed by atoms with van der Waals surface area (Å²) in [5, 5.41) is 2.88. The Hall–Kier alpha value is -4.32. The van der Waals surface area contributed by atoms with E-state index >= 15 is 0 Å². The molecule has 1 atom stereocenters. The summed E-state index contributed by atoms with van der Waals surface area (Å²) < 4.78 is 59.3. The van der Waals surface area contributed by atoms with E-state index in [9.17, 15) is 22.4 Å². The van der Waals surface area contributed by atoms with E-state index in [0.29, 0.717) is 30.2 Å². The minimum Gasteiger partial charge on any atom is -0.494 e. The van der Waals surface area contributed by atoms with Gasteiger partial charge in [0, 0.05) is 19.2 Å². The molecule has 0 saturated heterocycles. The number of anilines is 1. The first-order valence-corrected chi connectivity index (χ1v) is 16.2. The zero-order chi connectivity index (χ0) is 33.1. The molecule has 0 heterocycles. The lowest BCUT2D eigenvalue weighted by atomic mass is 10.1. The molecule has 0 bridgehead atoms. The Bertz CT molecular complexity index is 1530. The number of rotatable bonds is 16. The fourth-order valence-corrected chi connectivity index (χ4v) is 6.07. The van der Waals surface area contributed by atoms with Crippen LogP contribution in [0.4, 0.5) is 10.1 Å². The topological polar surface area (TPSA) is 114 Å². The zero-order valence-electron chi connectivity index (χ0n) is 26.6. The van der Waals surface area contributed by atoms with Crippen LogP contribution in [0.25, 0.3) is 0 Å². The van der Waals surface area contributed by atoms with Gasteiger partial charge >= 0.3 is 0 Å². The molecule has 1 N–H and O–H groups in total. The predicted octanol–water partition coefficient (Wildman–Crippen LogP) is 5.02. The van der Waals surface area contributed by atoms with Gasteiger partial charge in [0.1, 0.15) is 24.2 Å². The molecule has 0 aliphatic rings. The molecule has 0 aromatic heterocycles. The number of hydrogen-bond donors (Lipinski definition) is 1. The third-order valence-electron chi connectivity index (χ3n) is 6.99. The summed E-state index contributed by atoms with van der Waals surface area (Å²) in [5.41, 5.74) is 0.788. The van der Waals surface area contributed by atoms with Gasteiger partial charge in [-0.2, -0.15) is 0 Å². The smallest absolute Gasteiger partial charge is 0.264 e. The highest BCUT2D eigenvalue weighted by atomic mass is 32.2. The van der Waals surface area contributed by atoms with Crippen LogP contribution in [0.1, 0.15) is 39.7 Å². The highest BCUT2D eigenvalue weighted by Gasteiger charge is 2.34. The van der Waals surface area contributed by atoms with Gasteiger partial charge < -0.3 is 24.4 Å². The number of amides is 2. The number of sulfonamides is 1. The Balaban J connectivity index is 2.09. The van der Waals surface area contributed by atoms with E-state index in [1.165, 1.54) is 61.6 Å². The normalized spacial score (nSPS) is 11.9. The molecule has 244 valence electrons. The molecular formula is C33H42FN3O7S. The first-order valence-electron chi connectivity index (χ1n) is 14.7. The third-order valence-corrected chi connectivity index (χ3v) is 8.76. The van der Waals surface area contributed by atoms with E-state index in [1.807, 2.05) is 20.8 Å². The van der Waals surface area contributed by atoms with Gasteiger partial charge in [0.25, 0.3) is 10.0 Å². The molecule has 0 aliphatic carbocycles. The van der Waals surface area contributed by atoms with Crippen molar-refractivity contribution in [2.45, 2.75) is 51.6 Å². The van der Waals surface area contributed by atoms with Crippen LogP contribution in [0.2, 0.25) is 0 Å². The van der Waals surface area contributed by atoms with E-state index in [0.717, 1.165) is 4.31 Å². The Morgan fingerprint density at radius 1 is 0.911 bits per heavy atom. The van der Waals surface area contributed by atoms with Crippen LogP contribution < -0.4 is 23.8 Å². The van der Waals surface area contributed by atoms with Crippen LogP contribution in [0.3, 0.4) is 0 Å². The number of carbonyl (C=O) groups is 2. The van der Waals surface area contributed by atoms with E-state index < -0.39 is 34.3 Å². The van der Waals surface area contributed by atoms with Gasteiger partial charge in [0.15, 0.2) is 11.5 Å². The van der Waals surface area contributed by atoms with Crippen molar-refractivity contribution in [3.8, 4) is 17.2 Å². The van der Waals surface area contributed by atoms with E-state index in [1.54, 1.807) is 31.2 Å². The molecule has 2 amide bonds. The number of nitrogens with zero attached hydrogens (tertiary/aromatic N) is 2. The van der Waals surface area contributed by atoms with Crippen molar-refractivity contribution in [2.24, 2.45) is 5.92 Å². The molecule has 0 spiro atoms. The second kappa shape index (κ2) is 16.1. The maximum absolute atomic E-state index is 14.2. The molecule has 0 radical (unpaired) electrons. The van der Waals surface area contributed by atoms with Crippen molar-refractivity contribution in [3.05, 3.63) is 78.1 Å². The summed E-state index contributed by atoms with van der Waals surface area (Å²) in [6.07, 6.45) is 0.266. The summed E-state index contributed by atoms with van der Waals surface area (Å²) in [7, 11) is -1.53. The lowest BCUT2D eigenvalue weighted by Gasteiger charge is -2.33. The maximum atomic E-state index is 14.2. The Kier molecular flexibility index (Phi) is 12.6. The van der Waals surface area contributed by atoms with Crippen LogP contribution in [-0.2, 0) is 26.2 Å². The molecule has 3 rings (SSSR count). The average molecular weight is 644 g/mol. The van der Waals surface area contributed by atoms with Gasteiger partial charge in [-0.25, -0.2) is 12.8 Å². The monoisotopic (exact) mass is 643 g/mol. The number of carbonyl (C=O) groups excluding carboxylic acids is 2. The van der Waals surface area contributed by atoms with Crippen molar-refractivity contribution in [3.63, 3.8) is 0 Å². The van der Waals surface area contributed by atoms with Crippen molar-refractivity contribution < 1.29 is 36.6 Å². The fourth-order valence-electron chi connectivity index (χ4n) is 4.64. The average Bonchev–Trinajstić information content (AvgIpc) is 3.03. The number of benzene rings is 3. The molecule has 1 unspecified atom stereocenters. The number of ether oxygens (including phenoxy) is 3. The molecule has 10 nitrogen and oxygen atoms in total. The van der Waals surface area contributed by atoms with Gasteiger partial charge in [-0.15, -0.1) is 0 Å². The number of methoxy groups -OCH3 is 2. The first-order chi connectivity index (χ1) is 21.4. The molecule has 0 aliphatic heterocycles. The SMILES string of the molecule is CCOc1ccc(N(CC(=O)N(Cc2ccc(F)cc2)C(CC)C(=O)NCC(C)C)S(=O)(=O)c2ccc(OC)c(OC)c2)cc1. The van der Waals surface area contributed by atoms with Crippen molar-refractivity contribution in [2.75, 3.05) is 38.2 Å². The van der Waals surface area contributed by atoms with Gasteiger partial charge in [-0.05, 0) is 73.4 Å². The molecule has 12 heteroatoms. The summed E-state index contributed by atoms with van der Waals surface area (Å²) in [6.45, 7) is 7.67. The molecule has 0 saturated carbocycles. The maximum Gasteiger partial charge on any atom is 0.264 e. The van der Waals surface area contributed by atoms with E-state index in [-0.39, 0.29) is 41.1 Å². The van der Waals surface area contributed by atoms with Gasteiger partial charge in [-0.3, -0.25) is 13.9 Å². The number of halogens is 1. The van der Waals surface area contributed by atoms with Crippen LogP contribution in [0.5, 0.6) is 17.2 Å². The first kappa shape index (κ1) is 35.2. The molecule has 3 aromatic carbocycles. The Labute approximate surface area is 265 Å². The minimum absolute atomic E-state index is 0.0414. The number of nitrogens with one attached hydrogen (secondary N) is 1. The Morgan fingerprint density at radius 2 is 1.56 bits per heavy atom. The largest absolute Gasteiger partial charge is 0.494 e. The fraction of sp³-hybridized carbons (Fsp3) is 0.394. The Morgan fingerprint density at radius 3 is 2.11 bits per heavy atom. The standard InChI is InChI=1S/C33H42FN3O7S/c1-7-29(33(39)35-20-23(3)4)36(21-24-9-11-25(34)12-10-24)32(38)22-37(26-13-15-27(16-14-26)44-8-2)45(40,41)28-17-18-30(42-5)31(19-28)43-6/h9-19,23,29H,7-8,20-22H2,1-6H3,(H,35,39). The molecule has 45 heavy (non-hydrogen) atoms. The lowest BCUT2D eigenvalue weighted by molar-refractivity contribution is -0.140. The summed E-state index contributed by atoms with van der Waals surface area (Å²) >= 11 is 0. The number of hydrogen-bond acceptors (Lipinski definition) is 7. The van der Waals surface area contributed by atoms with Crippen LogP contribution >= 0.6 is 0 Å². The van der Waals surface area contributed by atoms with Gasteiger partial charge in [0.05, 0.1) is 31.4 Å². The van der Waals surface area contributed by atoms with Crippen molar-refractivity contribution in [1.29, 1.82) is 0 Å². The summed E-state index contributed by atoms with van der Waals surface area (Å²) in [5.74, 6) is -0.190. The van der Waals surface area contributed by atoms with E-state index in [2.05, 4.69) is 5.32 Å². The van der Waals surface area contributed by atoms with Gasteiger partial charge in [-0.1, -0.05) is 32.9 Å².